The average Bonchev–Trinajstić information content (AvgIpc) is 2.60. The van der Waals surface area contributed by atoms with E-state index in [4.69, 9.17) is 0 Å². The highest BCUT2D eigenvalue weighted by molar-refractivity contribution is 7.92. The SMILES string of the molecule is CNC(=O)c1cccc(NS(=O)(=O)c2ccc(O)c(C(=O)OC)c2)c1. The first-order valence-electron chi connectivity index (χ1n) is 7.05. The molecule has 2 aromatic carbocycles. The van der Waals surface area contributed by atoms with Gasteiger partial charge < -0.3 is 15.2 Å². The van der Waals surface area contributed by atoms with E-state index in [0.29, 0.717) is 0 Å². The van der Waals surface area contributed by atoms with Crippen LogP contribution in [0.15, 0.2) is 47.4 Å². The second-order valence-electron chi connectivity index (χ2n) is 4.94. The van der Waals surface area contributed by atoms with Gasteiger partial charge in [0.2, 0.25) is 0 Å². The molecule has 0 heterocycles. The van der Waals surface area contributed by atoms with Crippen LogP contribution in [0.25, 0.3) is 0 Å². The van der Waals surface area contributed by atoms with E-state index in [1.54, 1.807) is 0 Å². The summed E-state index contributed by atoms with van der Waals surface area (Å²) >= 11 is 0. The van der Waals surface area contributed by atoms with E-state index in [1.807, 2.05) is 0 Å². The maximum absolute atomic E-state index is 12.5. The lowest BCUT2D eigenvalue weighted by molar-refractivity contribution is 0.0597. The molecule has 0 bridgehead atoms. The van der Waals surface area contributed by atoms with Crippen molar-refractivity contribution in [1.29, 1.82) is 0 Å². The smallest absolute Gasteiger partial charge is 0.341 e. The molecule has 2 aromatic rings. The Bertz CT molecular complexity index is 924. The van der Waals surface area contributed by atoms with E-state index < -0.39 is 21.7 Å². The van der Waals surface area contributed by atoms with Crippen molar-refractivity contribution in [3.8, 4) is 5.75 Å². The van der Waals surface area contributed by atoms with Gasteiger partial charge in [-0.15, -0.1) is 0 Å². The number of sulfonamides is 1. The molecule has 0 fully saturated rings. The summed E-state index contributed by atoms with van der Waals surface area (Å²) in [7, 11) is -1.47. The molecular weight excluding hydrogens is 348 g/mol. The molecule has 25 heavy (non-hydrogen) atoms. The number of nitrogens with one attached hydrogen (secondary N) is 2. The van der Waals surface area contributed by atoms with Gasteiger partial charge in [0.15, 0.2) is 0 Å². The van der Waals surface area contributed by atoms with Crippen LogP contribution < -0.4 is 10.0 Å². The van der Waals surface area contributed by atoms with Crippen molar-refractivity contribution in [2.24, 2.45) is 0 Å². The number of esters is 1. The highest BCUT2D eigenvalue weighted by Gasteiger charge is 2.20. The first kappa shape index (κ1) is 18.3. The van der Waals surface area contributed by atoms with Gasteiger partial charge in [-0.25, -0.2) is 13.2 Å². The van der Waals surface area contributed by atoms with Crippen molar-refractivity contribution >= 4 is 27.6 Å². The zero-order valence-electron chi connectivity index (χ0n) is 13.4. The molecule has 0 atom stereocenters. The lowest BCUT2D eigenvalue weighted by atomic mass is 10.2. The molecule has 0 aromatic heterocycles. The van der Waals surface area contributed by atoms with Gasteiger partial charge in [0, 0.05) is 18.3 Å². The summed E-state index contributed by atoms with van der Waals surface area (Å²) in [6.45, 7) is 0. The van der Waals surface area contributed by atoms with E-state index in [2.05, 4.69) is 14.8 Å². The van der Waals surface area contributed by atoms with Crippen LogP contribution in [0.4, 0.5) is 5.69 Å². The molecule has 132 valence electrons. The van der Waals surface area contributed by atoms with Crippen LogP contribution in [-0.4, -0.2) is 39.6 Å². The molecule has 0 aliphatic carbocycles. The summed E-state index contributed by atoms with van der Waals surface area (Å²) in [6.07, 6.45) is 0. The summed E-state index contributed by atoms with van der Waals surface area (Å²) in [4.78, 5) is 23.0. The van der Waals surface area contributed by atoms with Crippen molar-refractivity contribution in [2.75, 3.05) is 18.9 Å². The number of phenols is 1. The number of anilines is 1. The first-order valence-corrected chi connectivity index (χ1v) is 8.53. The molecule has 0 spiro atoms. The number of carbonyl (C=O) groups excluding carboxylic acids is 2. The number of rotatable bonds is 5. The van der Waals surface area contributed by atoms with Gasteiger partial charge in [-0.05, 0) is 36.4 Å². The van der Waals surface area contributed by atoms with Crippen LogP contribution in [-0.2, 0) is 14.8 Å². The fourth-order valence-electron chi connectivity index (χ4n) is 2.04. The zero-order chi connectivity index (χ0) is 18.6. The summed E-state index contributed by atoms with van der Waals surface area (Å²) < 4.78 is 31.8. The minimum atomic E-state index is -4.04. The maximum Gasteiger partial charge on any atom is 0.341 e. The number of benzene rings is 2. The molecule has 2 rings (SSSR count). The Labute approximate surface area is 144 Å². The van der Waals surface area contributed by atoms with Crippen molar-refractivity contribution in [3.05, 3.63) is 53.6 Å². The van der Waals surface area contributed by atoms with E-state index in [-0.39, 0.29) is 27.6 Å². The molecule has 0 radical (unpaired) electrons. The molecule has 3 N–H and O–H groups in total. The number of carbonyl (C=O) groups is 2. The number of ether oxygens (including phenoxy) is 1. The monoisotopic (exact) mass is 364 g/mol. The van der Waals surface area contributed by atoms with Gasteiger partial charge >= 0.3 is 5.97 Å². The minimum absolute atomic E-state index is 0.175. The third kappa shape index (κ3) is 4.07. The fourth-order valence-corrected chi connectivity index (χ4v) is 3.11. The summed E-state index contributed by atoms with van der Waals surface area (Å²) in [5.41, 5.74) is 0.182. The lowest BCUT2D eigenvalue weighted by Crippen LogP contribution is -2.18. The molecule has 1 amide bonds. The number of hydrogen-bond donors (Lipinski definition) is 3. The molecule has 9 heteroatoms. The van der Waals surface area contributed by atoms with E-state index in [0.717, 1.165) is 25.3 Å². The molecule has 0 aliphatic rings. The molecule has 8 nitrogen and oxygen atoms in total. The highest BCUT2D eigenvalue weighted by atomic mass is 32.2. The zero-order valence-corrected chi connectivity index (χ0v) is 14.3. The van der Waals surface area contributed by atoms with E-state index in [9.17, 15) is 23.1 Å². The third-order valence-corrected chi connectivity index (χ3v) is 4.67. The van der Waals surface area contributed by atoms with Crippen LogP contribution >= 0.6 is 0 Å². The Morgan fingerprint density at radius 2 is 1.84 bits per heavy atom. The quantitative estimate of drug-likeness (QED) is 0.688. The Morgan fingerprint density at radius 3 is 2.48 bits per heavy atom. The van der Waals surface area contributed by atoms with Crippen LogP contribution in [0.2, 0.25) is 0 Å². The number of hydrogen-bond acceptors (Lipinski definition) is 6. The summed E-state index contributed by atoms with van der Waals surface area (Å²) in [5.74, 6) is -1.62. The summed E-state index contributed by atoms with van der Waals surface area (Å²) in [6, 6.07) is 9.15. The third-order valence-electron chi connectivity index (χ3n) is 3.29. The summed E-state index contributed by atoms with van der Waals surface area (Å²) in [5, 5.41) is 12.1. The minimum Gasteiger partial charge on any atom is -0.507 e. The standard InChI is InChI=1S/C16H16N2O6S/c1-17-15(20)10-4-3-5-11(8-10)18-25(22,23)12-6-7-14(19)13(9-12)16(21)24-2/h3-9,18-19H,1-2H3,(H,17,20). The maximum atomic E-state index is 12.5. The van der Waals surface area contributed by atoms with E-state index >= 15 is 0 Å². The van der Waals surface area contributed by atoms with E-state index in [1.165, 1.54) is 31.3 Å². The van der Waals surface area contributed by atoms with Crippen LogP contribution in [0.1, 0.15) is 20.7 Å². The van der Waals surface area contributed by atoms with Crippen LogP contribution in [0.3, 0.4) is 0 Å². The van der Waals surface area contributed by atoms with Gasteiger partial charge in [0.05, 0.1) is 12.0 Å². The number of amides is 1. The normalized spacial score (nSPS) is 10.8. The Morgan fingerprint density at radius 1 is 1.12 bits per heavy atom. The topological polar surface area (TPSA) is 122 Å². The van der Waals surface area contributed by atoms with Crippen molar-refractivity contribution in [2.45, 2.75) is 4.90 Å². The largest absolute Gasteiger partial charge is 0.507 e. The molecule has 0 saturated heterocycles. The Kier molecular flexibility index (Phi) is 5.28. The first-order chi connectivity index (χ1) is 11.8. The molecular formula is C16H16N2O6S. The van der Waals surface area contributed by atoms with Gasteiger partial charge in [-0.3, -0.25) is 9.52 Å². The molecule has 0 unspecified atom stereocenters. The Balaban J connectivity index is 2.37. The number of methoxy groups -OCH3 is 1. The van der Waals surface area contributed by atoms with Gasteiger partial charge in [0.1, 0.15) is 11.3 Å². The Hall–Kier alpha value is -3.07. The number of aromatic hydroxyl groups is 1. The predicted molar refractivity (Wildman–Crippen MR) is 90.1 cm³/mol. The second kappa shape index (κ2) is 7.22. The van der Waals surface area contributed by atoms with Gasteiger partial charge in [0.25, 0.3) is 15.9 Å². The van der Waals surface area contributed by atoms with Crippen LogP contribution in [0.5, 0.6) is 5.75 Å². The average molecular weight is 364 g/mol. The van der Waals surface area contributed by atoms with Gasteiger partial charge in [-0.1, -0.05) is 6.07 Å². The number of phenolic OH excluding ortho intramolecular Hbond substituents is 1. The lowest BCUT2D eigenvalue weighted by Gasteiger charge is -2.11. The van der Waals surface area contributed by atoms with Crippen LogP contribution in [0, 0.1) is 0 Å². The predicted octanol–water partition coefficient (Wildman–Crippen LogP) is 1.34. The highest BCUT2D eigenvalue weighted by Crippen LogP contribution is 2.24. The van der Waals surface area contributed by atoms with Crippen molar-refractivity contribution < 1.29 is 27.9 Å². The van der Waals surface area contributed by atoms with Crippen molar-refractivity contribution in [1.82, 2.24) is 5.32 Å². The van der Waals surface area contributed by atoms with Gasteiger partial charge in [-0.2, -0.15) is 0 Å². The molecule has 0 aliphatic heterocycles. The van der Waals surface area contributed by atoms with Crippen molar-refractivity contribution in [3.63, 3.8) is 0 Å². The molecule has 0 saturated carbocycles. The second-order valence-corrected chi connectivity index (χ2v) is 6.62. The fraction of sp³-hybridized carbons (Fsp3) is 0.125.